The highest BCUT2D eigenvalue weighted by Gasteiger charge is 2.44. The van der Waals surface area contributed by atoms with E-state index in [1.807, 2.05) is 0 Å². The van der Waals surface area contributed by atoms with Crippen LogP contribution >= 0.6 is 34.8 Å². The number of para-hydroxylation sites is 1. The summed E-state index contributed by atoms with van der Waals surface area (Å²) in [7, 11) is 1.11. The Bertz CT molecular complexity index is 1090. The fourth-order valence-electron chi connectivity index (χ4n) is 2.78. The van der Waals surface area contributed by atoms with Crippen LogP contribution in [0.25, 0.3) is 0 Å². The zero-order valence-electron chi connectivity index (χ0n) is 16.0. The van der Waals surface area contributed by atoms with Gasteiger partial charge in [-0.05, 0) is 30.3 Å². The van der Waals surface area contributed by atoms with Crippen molar-refractivity contribution in [3.8, 4) is 0 Å². The maximum Gasteiger partial charge on any atom is 0.416 e. The minimum atomic E-state index is -4.70. The summed E-state index contributed by atoms with van der Waals surface area (Å²) in [5.74, 6) is -2.29. The maximum atomic E-state index is 14.1. The van der Waals surface area contributed by atoms with Crippen molar-refractivity contribution in [3.63, 3.8) is 0 Å². The molecule has 1 aliphatic rings. The minimum Gasteiger partial charge on any atom is -0.358 e. The Kier molecular flexibility index (Phi) is 6.60. The van der Waals surface area contributed by atoms with Gasteiger partial charge in [0.2, 0.25) is 9.63 Å². The molecule has 0 spiro atoms. The molecular formula is C19H13Cl3F4N4O2. The predicted octanol–water partition coefficient (Wildman–Crippen LogP) is 5.45. The molecule has 13 heteroatoms. The third kappa shape index (κ3) is 4.92. The van der Waals surface area contributed by atoms with Crippen molar-refractivity contribution in [3.05, 3.63) is 59.9 Å². The first-order valence-corrected chi connectivity index (χ1v) is 9.89. The molecule has 1 unspecified atom stereocenters. The third-order valence-electron chi connectivity index (χ3n) is 4.35. The summed E-state index contributed by atoms with van der Waals surface area (Å²) in [6, 6.07) is 8.10. The van der Waals surface area contributed by atoms with Gasteiger partial charge in [0, 0.05) is 7.05 Å². The number of likely N-dealkylation sites (N-methyl/N-ethyl adjacent to an activating group) is 1. The molecule has 2 aromatic carbocycles. The number of rotatable bonds is 4. The first-order chi connectivity index (χ1) is 14.8. The van der Waals surface area contributed by atoms with Crippen molar-refractivity contribution in [1.29, 1.82) is 0 Å². The van der Waals surface area contributed by atoms with Crippen molar-refractivity contribution >= 4 is 64.0 Å². The number of carbonyl (C=O) groups excluding carboxylic acids is 2. The molecular weight excluding hydrogens is 499 g/mol. The van der Waals surface area contributed by atoms with E-state index in [4.69, 9.17) is 34.8 Å². The molecule has 3 amide bonds. The van der Waals surface area contributed by atoms with Gasteiger partial charge in [-0.2, -0.15) is 13.2 Å². The number of imide groups is 1. The van der Waals surface area contributed by atoms with E-state index < -0.39 is 45.3 Å². The van der Waals surface area contributed by atoms with E-state index in [0.717, 1.165) is 25.2 Å². The molecule has 2 aromatic rings. The zero-order chi connectivity index (χ0) is 23.8. The number of benzene rings is 2. The fourth-order valence-corrected chi connectivity index (χ4v) is 3.09. The van der Waals surface area contributed by atoms with Gasteiger partial charge in [0.1, 0.15) is 5.82 Å². The highest BCUT2D eigenvalue weighted by molar-refractivity contribution is 6.68. The Balaban J connectivity index is 2.09. The number of alkyl halides is 6. The number of nitrogens with zero attached hydrogens (tertiary/aromatic N) is 3. The summed E-state index contributed by atoms with van der Waals surface area (Å²) in [5.41, 5.74) is -1.45. The second-order valence-electron chi connectivity index (χ2n) is 6.55. The summed E-state index contributed by atoms with van der Waals surface area (Å²) in [4.78, 5) is 30.5. The van der Waals surface area contributed by atoms with Gasteiger partial charge in [-0.3, -0.25) is 9.69 Å². The molecule has 0 aliphatic carbocycles. The lowest BCUT2D eigenvalue weighted by Gasteiger charge is -2.25. The number of hydrogen-bond acceptors (Lipinski definition) is 4. The van der Waals surface area contributed by atoms with Crippen LogP contribution in [0.1, 0.15) is 5.56 Å². The van der Waals surface area contributed by atoms with E-state index in [1.54, 1.807) is 0 Å². The van der Waals surface area contributed by atoms with E-state index in [1.165, 1.54) is 24.3 Å². The van der Waals surface area contributed by atoms with E-state index in [0.29, 0.717) is 15.9 Å². The number of halogens is 7. The minimum absolute atomic E-state index is 0.121. The van der Waals surface area contributed by atoms with Crippen LogP contribution in [0.4, 0.5) is 33.7 Å². The van der Waals surface area contributed by atoms with Crippen molar-refractivity contribution in [2.75, 3.05) is 17.3 Å². The topological polar surface area (TPSA) is 65.0 Å². The van der Waals surface area contributed by atoms with Gasteiger partial charge in [-0.1, -0.05) is 53.0 Å². The maximum absolute atomic E-state index is 14.1. The smallest absolute Gasteiger partial charge is 0.358 e. The second-order valence-corrected chi connectivity index (χ2v) is 8.92. The molecule has 0 bridgehead atoms. The molecule has 170 valence electrons. The van der Waals surface area contributed by atoms with Crippen LogP contribution in [0, 0.1) is 5.82 Å². The van der Waals surface area contributed by atoms with Crippen molar-refractivity contribution in [2.45, 2.75) is 16.1 Å². The Morgan fingerprint density at radius 1 is 1.03 bits per heavy atom. The van der Waals surface area contributed by atoms with Crippen molar-refractivity contribution in [2.24, 2.45) is 4.99 Å². The number of amides is 3. The number of hydrogen-bond donors (Lipinski definition) is 1. The van der Waals surface area contributed by atoms with Gasteiger partial charge < -0.3 is 5.32 Å². The summed E-state index contributed by atoms with van der Waals surface area (Å²) < 4.78 is 51.2. The molecule has 0 radical (unpaired) electrons. The zero-order valence-corrected chi connectivity index (χ0v) is 18.3. The molecule has 1 N–H and O–H groups in total. The van der Waals surface area contributed by atoms with Crippen LogP contribution < -0.4 is 10.2 Å². The Hall–Kier alpha value is -2.56. The van der Waals surface area contributed by atoms with Gasteiger partial charge in [-0.15, -0.1) is 0 Å². The molecule has 6 nitrogen and oxygen atoms in total. The predicted molar refractivity (Wildman–Crippen MR) is 114 cm³/mol. The van der Waals surface area contributed by atoms with Crippen molar-refractivity contribution in [1.82, 2.24) is 4.90 Å². The van der Waals surface area contributed by atoms with E-state index in [-0.39, 0.29) is 11.4 Å². The molecule has 1 heterocycles. The lowest BCUT2D eigenvalue weighted by atomic mass is 10.2. The number of aliphatic imine (C=N–C) groups is 1. The molecule has 32 heavy (non-hydrogen) atoms. The fraction of sp³-hybridized carbons (Fsp3) is 0.211. The molecule has 0 saturated carbocycles. The highest BCUT2D eigenvalue weighted by Crippen LogP contribution is 2.36. The van der Waals surface area contributed by atoms with E-state index in [9.17, 15) is 27.2 Å². The number of urea groups is 1. The largest absolute Gasteiger partial charge is 0.416 e. The number of nitrogens with one attached hydrogen (secondary N) is 1. The molecule has 1 saturated heterocycles. The van der Waals surface area contributed by atoms with Crippen LogP contribution in [-0.4, -0.2) is 39.7 Å². The first-order valence-electron chi connectivity index (χ1n) is 8.75. The SMILES string of the molecule is CN1C(=O)C(=NC(Nc2ccccc2F)C(Cl)(Cl)Cl)N(c2cccc(C(F)(F)F)c2)C1=O. The summed E-state index contributed by atoms with van der Waals surface area (Å²) in [6.07, 6.45) is -6.28. The van der Waals surface area contributed by atoms with Gasteiger partial charge in [0.05, 0.1) is 16.9 Å². The quantitative estimate of drug-likeness (QED) is 0.337. The molecule has 1 atom stereocenters. The second kappa shape index (κ2) is 8.76. The number of carbonyl (C=O) groups is 2. The van der Waals surface area contributed by atoms with Gasteiger partial charge >= 0.3 is 12.2 Å². The Morgan fingerprint density at radius 3 is 2.28 bits per heavy atom. The lowest BCUT2D eigenvalue weighted by Crippen LogP contribution is -2.38. The van der Waals surface area contributed by atoms with Crippen LogP contribution in [0.2, 0.25) is 0 Å². The van der Waals surface area contributed by atoms with Crippen LogP contribution in [0.15, 0.2) is 53.5 Å². The standard InChI is InChI=1S/C19H13Cl3F4N4O2/c1-29-15(31)14(28-16(18(20,21)22)27-13-8-3-2-7-12(13)23)30(17(29)32)11-6-4-5-10(9-11)19(24,25)26/h2-9,16,27H,1H3. The van der Waals surface area contributed by atoms with Gasteiger partial charge in [-0.25, -0.2) is 19.1 Å². The van der Waals surface area contributed by atoms with Crippen LogP contribution in [0.3, 0.4) is 0 Å². The van der Waals surface area contributed by atoms with Gasteiger partial charge in [0.25, 0.3) is 5.91 Å². The molecule has 1 fully saturated rings. The first kappa shape index (κ1) is 24.1. The average Bonchev–Trinajstić information content (AvgIpc) is 2.91. The van der Waals surface area contributed by atoms with E-state index >= 15 is 0 Å². The monoisotopic (exact) mass is 510 g/mol. The highest BCUT2D eigenvalue weighted by atomic mass is 35.6. The normalized spacial score (nSPS) is 17.3. The average molecular weight is 512 g/mol. The number of anilines is 2. The lowest BCUT2D eigenvalue weighted by molar-refractivity contribution is -0.137. The summed E-state index contributed by atoms with van der Waals surface area (Å²) in [6.45, 7) is 0. The Labute approximate surface area is 194 Å². The number of amidine groups is 1. The van der Waals surface area contributed by atoms with E-state index in [2.05, 4.69) is 10.3 Å². The Morgan fingerprint density at radius 2 is 1.69 bits per heavy atom. The van der Waals surface area contributed by atoms with Crippen LogP contribution in [-0.2, 0) is 11.0 Å². The third-order valence-corrected chi connectivity index (χ3v) is 4.97. The molecule has 0 aromatic heterocycles. The van der Waals surface area contributed by atoms with Crippen molar-refractivity contribution < 1.29 is 27.2 Å². The summed E-state index contributed by atoms with van der Waals surface area (Å²) >= 11 is 17.8. The summed E-state index contributed by atoms with van der Waals surface area (Å²) in [5, 5.41) is 2.52. The van der Waals surface area contributed by atoms with Gasteiger partial charge in [0.15, 0.2) is 6.17 Å². The molecule has 3 rings (SSSR count). The molecule has 1 aliphatic heterocycles. The van der Waals surface area contributed by atoms with Crippen LogP contribution in [0.5, 0.6) is 0 Å².